The summed E-state index contributed by atoms with van der Waals surface area (Å²) in [6.07, 6.45) is 1.61. The van der Waals surface area contributed by atoms with Crippen LogP contribution in [0.25, 0.3) is 0 Å². The number of carbonyl (C=O) groups is 1. The van der Waals surface area contributed by atoms with Gasteiger partial charge in [-0.05, 0) is 30.0 Å². The summed E-state index contributed by atoms with van der Waals surface area (Å²) in [6.45, 7) is 0.567. The Morgan fingerprint density at radius 3 is 2.78 bits per heavy atom. The normalized spacial score (nSPS) is 13.0. The Morgan fingerprint density at radius 1 is 1.26 bits per heavy atom. The number of non-ortho nitro benzene ring substituents is 1. The molecule has 0 bridgehead atoms. The van der Waals surface area contributed by atoms with Gasteiger partial charge in [-0.2, -0.15) is 0 Å². The highest BCUT2D eigenvalue weighted by Crippen LogP contribution is 2.32. The number of fused-ring (bicyclic) bond motifs is 1. The van der Waals surface area contributed by atoms with Crippen molar-refractivity contribution < 1.29 is 9.72 Å². The number of benzene rings is 2. The van der Waals surface area contributed by atoms with Crippen LogP contribution in [0.3, 0.4) is 0 Å². The van der Waals surface area contributed by atoms with Crippen molar-refractivity contribution in [2.45, 2.75) is 19.3 Å². The van der Waals surface area contributed by atoms with E-state index in [1.54, 1.807) is 17.0 Å². The van der Waals surface area contributed by atoms with Gasteiger partial charge >= 0.3 is 0 Å². The lowest BCUT2D eigenvalue weighted by Gasteiger charge is -2.17. The monoisotopic (exact) mass is 330 g/mol. The molecule has 1 heterocycles. The molecule has 0 aliphatic carbocycles. The van der Waals surface area contributed by atoms with E-state index in [-0.39, 0.29) is 11.6 Å². The van der Waals surface area contributed by atoms with Crippen molar-refractivity contribution in [1.82, 2.24) is 0 Å². The van der Waals surface area contributed by atoms with Crippen LogP contribution in [0.5, 0.6) is 0 Å². The van der Waals surface area contributed by atoms with Gasteiger partial charge in [-0.1, -0.05) is 35.9 Å². The number of nitro groups is 1. The van der Waals surface area contributed by atoms with Crippen LogP contribution < -0.4 is 4.90 Å². The highest BCUT2D eigenvalue weighted by atomic mass is 35.5. The molecular formula is C17H15ClN2O3. The highest BCUT2D eigenvalue weighted by molar-refractivity contribution is 6.31. The fraction of sp³-hybridized carbons (Fsp3) is 0.235. The van der Waals surface area contributed by atoms with Gasteiger partial charge in [0, 0.05) is 30.1 Å². The Bertz CT molecular complexity index is 776. The summed E-state index contributed by atoms with van der Waals surface area (Å²) >= 11 is 6.10. The first-order valence-corrected chi connectivity index (χ1v) is 7.75. The molecule has 1 aliphatic heterocycles. The number of nitro benzene ring substituents is 1. The van der Waals surface area contributed by atoms with E-state index in [0.717, 1.165) is 17.5 Å². The van der Waals surface area contributed by atoms with Gasteiger partial charge in [0.1, 0.15) is 0 Å². The van der Waals surface area contributed by atoms with Gasteiger partial charge in [0.2, 0.25) is 5.91 Å². The van der Waals surface area contributed by atoms with Crippen molar-refractivity contribution >= 4 is 28.9 Å². The van der Waals surface area contributed by atoms with Crippen molar-refractivity contribution in [1.29, 1.82) is 0 Å². The van der Waals surface area contributed by atoms with Gasteiger partial charge in [0.05, 0.1) is 10.6 Å². The minimum atomic E-state index is -0.439. The van der Waals surface area contributed by atoms with Gasteiger partial charge in [-0.15, -0.1) is 0 Å². The quantitative estimate of drug-likeness (QED) is 0.633. The lowest BCUT2D eigenvalue weighted by molar-refractivity contribution is -0.384. The Hall–Kier alpha value is -2.40. The molecule has 1 amide bonds. The second-order valence-electron chi connectivity index (χ2n) is 5.46. The first-order chi connectivity index (χ1) is 11.1. The van der Waals surface area contributed by atoms with E-state index in [1.165, 1.54) is 12.1 Å². The molecule has 6 heteroatoms. The summed E-state index contributed by atoms with van der Waals surface area (Å²) in [5.41, 5.74) is 2.57. The number of amides is 1. The third-order valence-corrected chi connectivity index (χ3v) is 4.41. The first kappa shape index (κ1) is 15.5. The Balaban J connectivity index is 1.74. The smallest absolute Gasteiger partial charge is 0.271 e. The van der Waals surface area contributed by atoms with Gasteiger partial charge in [-0.25, -0.2) is 0 Å². The van der Waals surface area contributed by atoms with Gasteiger partial charge in [0.15, 0.2) is 0 Å². The van der Waals surface area contributed by atoms with Gasteiger partial charge in [0.25, 0.3) is 5.69 Å². The average molecular weight is 331 g/mol. The molecule has 1 aliphatic rings. The average Bonchev–Trinajstić information content (AvgIpc) is 2.97. The number of nitrogens with zero attached hydrogens (tertiary/aromatic N) is 2. The van der Waals surface area contributed by atoms with Gasteiger partial charge in [-0.3, -0.25) is 14.9 Å². The van der Waals surface area contributed by atoms with E-state index in [1.807, 2.05) is 18.2 Å². The molecule has 0 saturated heterocycles. The highest BCUT2D eigenvalue weighted by Gasteiger charge is 2.26. The van der Waals surface area contributed by atoms with E-state index >= 15 is 0 Å². The maximum Gasteiger partial charge on any atom is 0.271 e. The number of halogens is 1. The predicted octanol–water partition coefficient (Wildman–Crippen LogP) is 3.77. The molecule has 2 aromatic carbocycles. The van der Waals surface area contributed by atoms with Crippen LogP contribution in [0.1, 0.15) is 17.5 Å². The molecular weight excluding hydrogens is 316 g/mol. The minimum Gasteiger partial charge on any atom is -0.312 e. The number of rotatable bonds is 4. The molecule has 23 heavy (non-hydrogen) atoms. The fourth-order valence-corrected chi connectivity index (χ4v) is 3.05. The lowest BCUT2D eigenvalue weighted by atomic mass is 10.1. The van der Waals surface area contributed by atoms with E-state index in [2.05, 4.69) is 0 Å². The molecule has 0 spiro atoms. The van der Waals surface area contributed by atoms with Crippen LogP contribution in [0.15, 0.2) is 42.5 Å². The minimum absolute atomic E-state index is 0.00885. The molecule has 0 aromatic heterocycles. The number of anilines is 1. The van der Waals surface area contributed by atoms with Crippen LogP contribution in [-0.4, -0.2) is 17.4 Å². The largest absolute Gasteiger partial charge is 0.312 e. The first-order valence-electron chi connectivity index (χ1n) is 7.37. The Morgan fingerprint density at radius 2 is 2.04 bits per heavy atom. The summed E-state index contributed by atoms with van der Waals surface area (Å²) in [5, 5.41) is 11.6. The zero-order valence-electron chi connectivity index (χ0n) is 12.4. The summed E-state index contributed by atoms with van der Waals surface area (Å²) < 4.78 is 0. The molecule has 3 rings (SSSR count). The molecule has 0 N–H and O–H groups in total. The van der Waals surface area contributed by atoms with E-state index in [4.69, 9.17) is 11.6 Å². The topological polar surface area (TPSA) is 63.5 Å². The van der Waals surface area contributed by atoms with Crippen LogP contribution in [-0.2, 0) is 17.6 Å². The second-order valence-corrected chi connectivity index (χ2v) is 5.86. The molecule has 2 aromatic rings. The van der Waals surface area contributed by atoms with Gasteiger partial charge < -0.3 is 4.90 Å². The predicted molar refractivity (Wildman–Crippen MR) is 88.9 cm³/mol. The van der Waals surface area contributed by atoms with Crippen molar-refractivity contribution in [3.63, 3.8) is 0 Å². The standard InChI is InChI=1S/C17H15ClN2O3/c18-15-4-2-1-3-12(15)6-8-17(21)19-10-9-13-5-7-14(20(22)23)11-16(13)19/h1-5,7,11H,6,8-10H2. The maximum atomic E-state index is 12.5. The summed E-state index contributed by atoms with van der Waals surface area (Å²) in [4.78, 5) is 24.6. The van der Waals surface area contributed by atoms with Crippen molar-refractivity contribution in [2.24, 2.45) is 0 Å². The summed E-state index contributed by atoms with van der Waals surface area (Å²) in [7, 11) is 0. The number of hydrogen-bond acceptors (Lipinski definition) is 3. The lowest BCUT2D eigenvalue weighted by Crippen LogP contribution is -2.29. The van der Waals surface area contributed by atoms with E-state index in [0.29, 0.717) is 30.1 Å². The molecule has 118 valence electrons. The molecule has 0 fully saturated rings. The maximum absolute atomic E-state index is 12.5. The van der Waals surface area contributed by atoms with E-state index in [9.17, 15) is 14.9 Å². The van der Waals surface area contributed by atoms with Crippen LogP contribution in [0.4, 0.5) is 11.4 Å². The second kappa shape index (κ2) is 6.38. The molecule has 0 atom stereocenters. The molecule has 0 radical (unpaired) electrons. The summed E-state index contributed by atoms with van der Waals surface area (Å²) in [6, 6.07) is 12.1. The third kappa shape index (κ3) is 3.19. The third-order valence-electron chi connectivity index (χ3n) is 4.04. The van der Waals surface area contributed by atoms with E-state index < -0.39 is 4.92 Å². The number of aryl methyl sites for hydroxylation is 1. The zero-order valence-corrected chi connectivity index (χ0v) is 13.1. The van der Waals surface area contributed by atoms with Crippen molar-refractivity contribution in [2.75, 3.05) is 11.4 Å². The van der Waals surface area contributed by atoms with Crippen LogP contribution >= 0.6 is 11.6 Å². The van der Waals surface area contributed by atoms with Crippen molar-refractivity contribution in [3.8, 4) is 0 Å². The fourth-order valence-electron chi connectivity index (χ4n) is 2.82. The van der Waals surface area contributed by atoms with Crippen LogP contribution in [0.2, 0.25) is 5.02 Å². The summed E-state index contributed by atoms with van der Waals surface area (Å²) in [5.74, 6) is -0.0378. The molecule has 0 saturated carbocycles. The Kier molecular flexibility index (Phi) is 4.30. The Labute approximate surface area is 138 Å². The zero-order chi connectivity index (χ0) is 16.4. The molecule has 5 nitrogen and oxygen atoms in total. The number of hydrogen-bond donors (Lipinski definition) is 0. The number of carbonyl (C=O) groups excluding carboxylic acids is 1. The molecule has 0 unspecified atom stereocenters. The SMILES string of the molecule is O=C(CCc1ccccc1Cl)N1CCc2ccc([N+](=O)[O-])cc21. The van der Waals surface area contributed by atoms with Crippen molar-refractivity contribution in [3.05, 3.63) is 68.7 Å². The van der Waals surface area contributed by atoms with Crippen LogP contribution in [0, 0.1) is 10.1 Å².